The van der Waals surface area contributed by atoms with Crippen LogP contribution in [0.4, 0.5) is 4.20 Å². The topological polar surface area (TPSA) is 26.3 Å². The molecule has 0 aliphatic rings. The summed E-state index contributed by atoms with van der Waals surface area (Å²) in [6.45, 7) is 9.42. The molecule has 2 atom stereocenters. The van der Waals surface area contributed by atoms with Gasteiger partial charge in [0, 0.05) is 0 Å². The van der Waals surface area contributed by atoms with Crippen LogP contribution in [0.1, 0.15) is 41.0 Å². The first-order chi connectivity index (χ1) is 5.66. The Morgan fingerprint density at radius 2 is 1.92 bits per heavy atom. The van der Waals surface area contributed by atoms with Gasteiger partial charge in [-0.1, -0.05) is 27.7 Å². The quantitative estimate of drug-likeness (QED) is 0.655. The van der Waals surface area contributed by atoms with Crippen molar-refractivity contribution in [2.24, 2.45) is 5.41 Å². The van der Waals surface area contributed by atoms with E-state index in [4.69, 9.17) is 4.52 Å². The van der Waals surface area contributed by atoms with Gasteiger partial charge in [0.05, 0.1) is 12.3 Å². The third-order valence-corrected chi connectivity index (χ3v) is 3.05. The van der Waals surface area contributed by atoms with Gasteiger partial charge in [-0.3, -0.25) is 4.57 Å². The van der Waals surface area contributed by atoms with Crippen LogP contribution < -0.4 is 0 Å². The predicted octanol–water partition coefficient (Wildman–Crippen LogP) is 4.01. The van der Waals surface area contributed by atoms with Crippen LogP contribution in [0.2, 0.25) is 0 Å². The zero-order valence-corrected chi connectivity index (χ0v) is 10.0. The lowest BCUT2D eigenvalue weighted by Crippen LogP contribution is -2.16. The molecule has 0 saturated carbocycles. The van der Waals surface area contributed by atoms with Gasteiger partial charge in [-0.2, -0.15) is 4.20 Å². The molecule has 0 rings (SSSR count). The minimum Gasteiger partial charge on any atom is -0.302 e. The van der Waals surface area contributed by atoms with E-state index in [9.17, 15) is 8.76 Å². The second kappa shape index (κ2) is 4.56. The van der Waals surface area contributed by atoms with Gasteiger partial charge >= 0.3 is 7.68 Å². The van der Waals surface area contributed by atoms with Crippen molar-refractivity contribution < 1.29 is 13.3 Å². The molecule has 0 saturated heterocycles. The zero-order chi connectivity index (χ0) is 10.7. The molecule has 0 radical (unpaired) electrons. The van der Waals surface area contributed by atoms with Gasteiger partial charge in [-0.15, -0.1) is 0 Å². The Kier molecular flexibility index (Phi) is 4.61. The van der Waals surface area contributed by atoms with Gasteiger partial charge in [-0.25, -0.2) is 0 Å². The first kappa shape index (κ1) is 13.1. The first-order valence-electron chi connectivity index (χ1n) is 4.63. The van der Waals surface area contributed by atoms with Gasteiger partial charge in [0.25, 0.3) is 0 Å². The van der Waals surface area contributed by atoms with Gasteiger partial charge in [0.1, 0.15) is 0 Å². The highest BCUT2D eigenvalue weighted by Gasteiger charge is 2.25. The largest absolute Gasteiger partial charge is 0.367 e. The van der Waals surface area contributed by atoms with Gasteiger partial charge < -0.3 is 4.52 Å². The summed E-state index contributed by atoms with van der Waals surface area (Å²) in [7, 11) is -3.82. The SMILES string of the molecule is CCP(=O)(F)OC(C)CC(C)(C)C. The second-order valence-corrected chi connectivity index (χ2v) is 6.61. The van der Waals surface area contributed by atoms with E-state index in [-0.39, 0.29) is 17.7 Å². The Hall–Kier alpha value is 0.120. The molecule has 0 aliphatic carbocycles. The lowest BCUT2D eigenvalue weighted by molar-refractivity contribution is 0.152. The molecule has 0 bridgehead atoms. The summed E-state index contributed by atoms with van der Waals surface area (Å²) in [5, 5.41) is 0. The number of hydrogen-bond acceptors (Lipinski definition) is 2. The summed E-state index contributed by atoms with van der Waals surface area (Å²) >= 11 is 0. The average molecular weight is 210 g/mol. The highest BCUT2D eigenvalue weighted by atomic mass is 31.2. The monoisotopic (exact) mass is 210 g/mol. The lowest BCUT2D eigenvalue weighted by Gasteiger charge is -2.24. The van der Waals surface area contributed by atoms with E-state index >= 15 is 0 Å². The Bertz CT molecular complexity index is 198. The molecular formula is C9H20FO2P. The van der Waals surface area contributed by atoms with Crippen molar-refractivity contribution in [2.45, 2.75) is 47.1 Å². The number of hydrogen-bond donors (Lipinski definition) is 0. The van der Waals surface area contributed by atoms with Crippen LogP contribution in [0.3, 0.4) is 0 Å². The third kappa shape index (κ3) is 7.21. The molecule has 4 heteroatoms. The Morgan fingerprint density at radius 1 is 1.46 bits per heavy atom. The minimum atomic E-state index is -3.82. The fourth-order valence-corrected chi connectivity index (χ4v) is 2.00. The van der Waals surface area contributed by atoms with Crippen LogP contribution in [0.15, 0.2) is 0 Å². The number of rotatable bonds is 4. The van der Waals surface area contributed by atoms with Crippen molar-refractivity contribution in [1.82, 2.24) is 0 Å². The van der Waals surface area contributed by atoms with Crippen LogP contribution >= 0.6 is 7.68 Å². The van der Waals surface area contributed by atoms with Crippen molar-refractivity contribution in [3.63, 3.8) is 0 Å². The van der Waals surface area contributed by atoms with Crippen LogP contribution in [0.5, 0.6) is 0 Å². The van der Waals surface area contributed by atoms with Crippen LogP contribution in [0.25, 0.3) is 0 Å². The summed E-state index contributed by atoms with van der Waals surface area (Å²) in [4.78, 5) is 0. The van der Waals surface area contributed by atoms with Crippen molar-refractivity contribution in [3.05, 3.63) is 0 Å². The van der Waals surface area contributed by atoms with Crippen molar-refractivity contribution in [3.8, 4) is 0 Å². The van der Waals surface area contributed by atoms with E-state index in [2.05, 4.69) is 0 Å². The Balaban J connectivity index is 4.02. The molecule has 0 amide bonds. The smallest absolute Gasteiger partial charge is 0.302 e. The normalized spacial score (nSPS) is 19.5. The predicted molar refractivity (Wildman–Crippen MR) is 53.9 cm³/mol. The first-order valence-corrected chi connectivity index (χ1v) is 6.33. The molecule has 0 aromatic heterocycles. The lowest BCUT2D eigenvalue weighted by atomic mass is 9.90. The summed E-state index contributed by atoms with van der Waals surface area (Å²) < 4.78 is 28.8. The molecule has 80 valence electrons. The zero-order valence-electron chi connectivity index (χ0n) is 9.13. The Morgan fingerprint density at radius 3 is 2.23 bits per heavy atom. The molecule has 0 aromatic rings. The fourth-order valence-electron chi connectivity index (χ4n) is 1.24. The standard InChI is InChI=1S/C9H20FO2P/c1-6-13(10,11)12-8(2)7-9(3,4)5/h8H,6-7H2,1-5H3. The minimum absolute atomic E-state index is 0.0402. The maximum Gasteiger partial charge on any atom is 0.367 e. The molecular weight excluding hydrogens is 190 g/mol. The molecule has 0 N–H and O–H groups in total. The maximum absolute atomic E-state index is 13.0. The van der Waals surface area contributed by atoms with E-state index in [0.29, 0.717) is 6.42 Å². The van der Waals surface area contributed by atoms with Crippen LogP contribution in [-0.2, 0) is 9.09 Å². The molecule has 0 fully saturated rings. The molecule has 0 aromatic carbocycles. The number of halogens is 1. The van der Waals surface area contributed by atoms with Gasteiger partial charge in [0.2, 0.25) is 0 Å². The summed E-state index contributed by atoms with van der Waals surface area (Å²) in [5.41, 5.74) is 0.0765. The fraction of sp³-hybridized carbons (Fsp3) is 1.00. The molecule has 2 nitrogen and oxygen atoms in total. The average Bonchev–Trinajstić information content (AvgIpc) is 1.81. The van der Waals surface area contributed by atoms with Crippen molar-refractivity contribution >= 4 is 7.68 Å². The van der Waals surface area contributed by atoms with E-state index in [1.165, 1.54) is 6.92 Å². The molecule has 2 unspecified atom stereocenters. The van der Waals surface area contributed by atoms with Crippen molar-refractivity contribution in [1.29, 1.82) is 0 Å². The summed E-state index contributed by atoms with van der Waals surface area (Å²) in [6.07, 6.45) is 0.387. The van der Waals surface area contributed by atoms with Gasteiger partial charge in [0.15, 0.2) is 0 Å². The highest BCUT2D eigenvalue weighted by molar-refractivity contribution is 7.53. The summed E-state index contributed by atoms with van der Waals surface area (Å²) in [5.74, 6) is 0. The summed E-state index contributed by atoms with van der Waals surface area (Å²) in [6, 6.07) is 0. The maximum atomic E-state index is 13.0. The van der Waals surface area contributed by atoms with E-state index in [1.54, 1.807) is 6.92 Å². The molecule has 13 heavy (non-hydrogen) atoms. The molecule has 0 aliphatic heterocycles. The Labute approximate surface area is 80.4 Å². The molecule has 0 spiro atoms. The van der Waals surface area contributed by atoms with Crippen LogP contribution in [-0.4, -0.2) is 12.3 Å². The highest BCUT2D eigenvalue weighted by Crippen LogP contribution is 2.50. The van der Waals surface area contributed by atoms with E-state index < -0.39 is 7.68 Å². The third-order valence-electron chi connectivity index (χ3n) is 1.61. The van der Waals surface area contributed by atoms with Crippen LogP contribution in [0, 0.1) is 5.41 Å². The molecule has 0 heterocycles. The van der Waals surface area contributed by atoms with Crippen molar-refractivity contribution in [2.75, 3.05) is 6.16 Å². The van der Waals surface area contributed by atoms with Gasteiger partial charge in [-0.05, 0) is 18.8 Å². The van der Waals surface area contributed by atoms with E-state index in [1.807, 2.05) is 20.8 Å². The second-order valence-electron chi connectivity index (χ2n) is 4.59. The van der Waals surface area contributed by atoms with E-state index in [0.717, 1.165) is 0 Å².